The Balaban J connectivity index is 3.10. The highest BCUT2D eigenvalue weighted by Crippen LogP contribution is 2.14. The molecule has 0 saturated carbocycles. The predicted octanol–water partition coefficient (Wildman–Crippen LogP) is 7.78. The fraction of sp³-hybridized carbons (Fsp3) is 0.909. The monoisotopic (exact) mass is 408 g/mol. The molecule has 0 spiro atoms. The Bertz CT molecular complexity index is 372. The molecule has 0 aromatic rings. The molecule has 0 aliphatic carbocycles. The predicted molar refractivity (Wildman–Crippen MR) is 112 cm³/mol. The number of ether oxygens (including phenoxy) is 1. The Hall–Kier alpha value is -0.340. The van der Waals surface area contributed by atoms with Crippen LogP contribution in [0.5, 0.6) is 0 Å². The van der Waals surface area contributed by atoms with E-state index in [0.29, 0.717) is 12.5 Å². The van der Waals surface area contributed by atoms with Crippen molar-refractivity contribution in [2.24, 2.45) is 0 Å². The highest BCUT2D eigenvalue weighted by molar-refractivity contribution is 7.99. The number of thioether (sulfide) groups is 1. The van der Waals surface area contributed by atoms with Gasteiger partial charge < -0.3 is 4.74 Å². The van der Waals surface area contributed by atoms with Gasteiger partial charge in [-0.25, -0.2) is 0 Å². The summed E-state index contributed by atoms with van der Waals surface area (Å²) in [7, 11) is 0. The summed E-state index contributed by atoms with van der Waals surface area (Å²) in [5, 5.41) is 0. The molecule has 0 aliphatic rings. The first-order valence-corrected chi connectivity index (χ1v) is 11.8. The molecule has 0 aliphatic heterocycles. The van der Waals surface area contributed by atoms with Crippen molar-refractivity contribution in [3.8, 4) is 11.8 Å². The van der Waals surface area contributed by atoms with E-state index in [1.165, 1.54) is 68.8 Å². The summed E-state index contributed by atoms with van der Waals surface area (Å²) in [6, 6.07) is 0. The summed E-state index contributed by atoms with van der Waals surface area (Å²) in [5.41, 5.74) is 0. The molecule has 160 valence electrons. The average Bonchev–Trinajstić information content (AvgIpc) is 2.58. The molecule has 0 fully saturated rings. The zero-order chi connectivity index (χ0) is 20.2. The van der Waals surface area contributed by atoms with Gasteiger partial charge in [0.15, 0.2) is 0 Å². The Morgan fingerprint density at radius 1 is 0.741 bits per heavy atom. The number of halogens is 3. The van der Waals surface area contributed by atoms with Gasteiger partial charge in [-0.1, -0.05) is 63.7 Å². The zero-order valence-corrected chi connectivity index (χ0v) is 18.2. The van der Waals surface area contributed by atoms with Crippen LogP contribution < -0.4 is 0 Å². The number of hydrogen-bond acceptors (Lipinski definition) is 2. The summed E-state index contributed by atoms with van der Waals surface area (Å²) in [6.45, 7) is 5.04. The van der Waals surface area contributed by atoms with Gasteiger partial charge in [0.2, 0.25) is 0 Å². The number of rotatable bonds is 18. The normalized spacial score (nSPS) is 11.6. The Morgan fingerprint density at radius 3 is 1.74 bits per heavy atom. The van der Waals surface area contributed by atoms with Gasteiger partial charge in [-0.2, -0.15) is 24.9 Å². The van der Waals surface area contributed by atoms with Crippen molar-refractivity contribution in [2.75, 3.05) is 18.1 Å². The van der Waals surface area contributed by atoms with Crippen LogP contribution in [0.25, 0.3) is 0 Å². The molecule has 0 unspecified atom stereocenters. The van der Waals surface area contributed by atoms with Crippen LogP contribution in [0.2, 0.25) is 0 Å². The topological polar surface area (TPSA) is 9.23 Å². The fourth-order valence-electron chi connectivity index (χ4n) is 2.75. The minimum Gasteiger partial charge on any atom is -0.379 e. The second-order valence-electron chi connectivity index (χ2n) is 7.32. The van der Waals surface area contributed by atoms with Crippen LogP contribution in [0, 0.1) is 11.8 Å². The molecule has 0 aromatic heterocycles. The lowest BCUT2D eigenvalue weighted by Crippen LogP contribution is -2.04. The fourth-order valence-corrected chi connectivity index (χ4v) is 3.69. The minimum atomic E-state index is -4.33. The van der Waals surface area contributed by atoms with Crippen molar-refractivity contribution in [1.29, 1.82) is 0 Å². The lowest BCUT2D eigenvalue weighted by atomic mass is 10.1. The molecule has 0 amide bonds. The SMILES string of the molecule is CC(C)OCCCSCCCCCCCCCCCCCC#CC(F)(F)F. The largest absolute Gasteiger partial charge is 0.457 e. The molecule has 0 N–H and O–H groups in total. The maximum absolute atomic E-state index is 11.8. The average molecular weight is 409 g/mol. The first-order valence-electron chi connectivity index (χ1n) is 10.7. The van der Waals surface area contributed by atoms with Crippen molar-refractivity contribution in [3.05, 3.63) is 0 Å². The van der Waals surface area contributed by atoms with Crippen LogP contribution >= 0.6 is 11.8 Å². The molecule has 0 heterocycles. The van der Waals surface area contributed by atoms with E-state index in [0.717, 1.165) is 32.3 Å². The van der Waals surface area contributed by atoms with Crippen LogP contribution in [0.15, 0.2) is 0 Å². The first-order chi connectivity index (χ1) is 12.9. The smallest absolute Gasteiger partial charge is 0.379 e. The third-order valence-electron chi connectivity index (χ3n) is 4.20. The van der Waals surface area contributed by atoms with Gasteiger partial charge in [0.1, 0.15) is 0 Å². The van der Waals surface area contributed by atoms with E-state index in [2.05, 4.69) is 19.8 Å². The molecule has 0 rings (SSSR count). The van der Waals surface area contributed by atoms with Crippen molar-refractivity contribution in [3.63, 3.8) is 0 Å². The van der Waals surface area contributed by atoms with Crippen LogP contribution in [0.1, 0.15) is 97.3 Å². The summed E-state index contributed by atoms with van der Waals surface area (Å²) >= 11 is 2.05. The number of unbranched alkanes of at least 4 members (excludes halogenated alkanes) is 11. The van der Waals surface area contributed by atoms with Crippen LogP contribution in [0.4, 0.5) is 13.2 Å². The van der Waals surface area contributed by atoms with Gasteiger partial charge in [-0.3, -0.25) is 0 Å². The highest BCUT2D eigenvalue weighted by Gasteiger charge is 2.22. The van der Waals surface area contributed by atoms with Gasteiger partial charge in [-0.05, 0) is 44.6 Å². The van der Waals surface area contributed by atoms with Crippen molar-refractivity contribution < 1.29 is 17.9 Å². The van der Waals surface area contributed by atoms with Gasteiger partial charge in [-0.15, -0.1) is 0 Å². The first kappa shape index (κ1) is 26.7. The maximum Gasteiger partial charge on any atom is 0.457 e. The molecule has 1 nitrogen and oxygen atoms in total. The van der Waals surface area contributed by atoms with Crippen LogP contribution in [0.3, 0.4) is 0 Å². The molecule has 0 saturated heterocycles. The standard InChI is InChI=1S/C22H39F3OS/c1-21(2)26-18-16-20-27-19-15-13-11-9-7-5-3-4-6-8-10-12-14-17-22(23,24)25/h21H,3-13,15-16,18-20H2,1-2H3. The second-order valence-corrected chi connectivity index (χ2v) is 8.55. The summed E-state index contributed by atoms with van der Waals surface area (Å²) in [6.07, 6.45) is 10.8. The Morgan fingerprint density at radius 2 is 1.22 bits per heavy atom. The molecule has 0 bridgehead atoms. The second kappa shape index (κ2) is 19.0. The Kier molecular flexibility index (Phi) is 18.8. The molecular weight excluding hydrogens is 369 g/mol. The van der Waals surface area contributed by atoms with E-state index in [-0.39, 0.29) is 0 Å². The third-order valence-corrected chi connectivity index (χ3v) is 5.36. The number of alkyl halides is 3. The van der Waals surface area contributed by atoms with Gasteiger partial charge in [0, 0.05) is 18.9 Å². The maximum atomic E-state index is 11.8. The van der Waals surface area contributed by atoms with Gasteiger partial charge in [0.05, 0.1) is 6.10 Å². The van der Waals surface area contributed by atoms with Crippen molar-refractivity contribution in [2.45, 2.75) is 110 Å². The molecular formula is C22H39F3OS. The minimum absolute atomic E-state index is 0.349. The van der Waals surface area contributed by atoms with Crippen LogP contribution in [-0.4, -0.2) is 30.4 Å². The molecule has 0 radical (unpaired) electrons. The summed E-state index contributed by atoms with van der Waals surface area (Å²) < 4.78 is 41.0. The van der Waals surface area contributed by atoms with Crippen molar-refractivity contribution in [1.82, 2.24) is 0 Å². The summed E-state index contributed by atoms with van der Waals surface area (Å²) in [4.78, 5) is 0. The van der Waals surface area contributed by atoms with E-state index >= 15 is 0 Å². The molecule has 27 heavy (non-hydrogen) atoms. The Labute approximate surface area is 169 Å². The van der Waals surface area contributed by atoms with Crippen molar-refractivity contribution >= 4 is 11.8 Å². The molecule has 5 heteroatoms. The van der Waals surface area contributed by atoms with E-state index in [4.69, 9.17) is 4.74 Å². The van der Waals surface area contributed by atoms with E-state index in [1.807, 2.05) is 11.8 Å². The van der Waals surface area contributed by atoms with Crippen LogP contribution in [-0.2, 0) is 4.74 Å². The highest BCUT2D eigenvalue weighted by atomic mass is 32.2. The quantitative estimate of drug-likeness (QED) is 0.169. The van der Waals surface area contributed by atoms with E-state index < -0.39 is 6.18 Å². The number of hydrogen-bond donors (Lipinski definition) is 0. The zero-order valence-electron chi connectivity index (χ0n) is 17.3. The summed E-state index contributed by atoms with van der Waals surface area (Å²) in [5.74, 6) is 6.01. The van der Waals surface area contributed by atoms with Gasteiger partial charge in [0.25, 0.3) is 0 Å². The molecule has 0 aromatic carbocycles. The van der Waals surface area contributed by atoms with E-state index in [9.17, 15) is 13.2 Å². The van der Waals surface area contributed by atoms with Gasteiger partial charge >= 0.3 is 6.18 Å². The third kappa shape index (κ3) is 25.7. The molecule has 0 atom stereocenters. The van der Waals surface area contributed by atoms with E-state index in [1.54, 1.807) is 0 Å². The lowest BCUT2D eigenvalue weighted by molar-refractivity contribution is -0.0697. The lowest BCUT2D eigenvalue weighted by Gasteiger charge is -2.07.